The molecule has 0 radical (unpaired) electrons. The van der Waals surface area contributed by atoms with E-state index in [2.05, 4.69) is 4.99 Å². The van der Waals surface area contributed by atoms with Gasteiger partial charge in [0.25, 0.3) is 0 Å². The van der Waals surface area contributed by atoms with Crippen LogP contribution in [0.4, 0.5) is 17.6 Å². The minimum atomic E-state index is -4.77. The summed E-state index contributed by atoms with van der Waals surface area (Å²) in [5.41, 5.74) is 3.12. The van der Waals surface area contributed by atoms with Crippen molar-refractivity contribution in [1.29, 1.82) is 0 Å². The van der Waals surface area contributed by atoms with Crippen molar-refractivity contribution in [2.75, 3.05) is 7.05 Å². The summed E-state index contributed by atoms with van der Waals surface area (Å²) in [5, 5.41) is -0.768. The Morgan fingerprint density at radius 2 is 1.83 bits per heavy atom. The fourth-order valence-electron chi connectivity index (χ4n) is 1.29. The number of nitrogens with two attached hydrogens (primary N) is 1. The number of alkyl halides is 3. The second-order valence-electron chi connectivity index (χ2n) is 3.33. The topological polar surface area (TPSA) is 40.0 Å². The molecule has 0 aromatic heterocycles. The third-order valence-electron chi connectivity index (χ3n) is 2.15. The van der Waals surface area contributed by atoms with Gasteiger partial charge in [-0.15, -0.1) is 0 Å². The molecule has 0 spiro atoms. The lowest BCUT2D eigenvalue weighted by atomic mass is 10.1. The van der Waals surface area contributed by atoms with Gasteiger partial charge in [-0.05, 0) is 12.1 Å². The molecule has 0 saturated heterocycles. The van der Waals surface area contributed by atoms with Crippen LogP contribution < -0.4 is 10.7 Å². The standard InChI is InChI=1S/C11H9ClF4N2/c1-18-9(6-4-2-3-5-7(6)13)8(12)10(17)11(14,15)16/h2-5H,17H2,1H3/p+1. The first-order chi connectivity index (χ1) is 8.29. The summed E-state index contributed by atoms with van der Waals surface area (Å²) >= 11 is 5.56. The Bertz CT molecular complexity index is 506. The van der Waals surface area contributed by atoms with Gasteiger partial charge in [0.15, 0.2) is 0 Å². The van der Waals surface area contributed by atoms with Crippen LogP contribution in [0.25, 0.3) is 0 Å². The van der Waals surface area contributed by atoms with E-state index in [9.17, 15) is 17.6 Å². The molecule has 3 N–H and O–H groups in total. The highest BCUT2D eigenvalue weighted by molar-refractivity contribution is 6.45. The largest absolute Gasteiger partial charge is 0.432 e. The quantitative estimate of drug-likeness (QED) is 0.622. The SMILES string of the molecule is C[NH+]=C(C(Cl)=C(N)C(F)(F)F)c1ccccc1F. The van der Waals surface area contributed by atoms with Crippen molar-refractivity contribution in [1.82, 2.24) is 0 Å². The Labute approximate surface area is 106 Å². The van der Waals surface area contributed by atoms with Crippen molar-refractivity contribution in [2.45, 2.75) is 6.18 Å². The lowest BCUT2D eigenvalue weighted by molar-refractivity contribution is -0.418. The fourth-order valence-corrected chi connectivity index (χ4v) is 1.59. The summed E-state index contributed by atoms with van der Waals surface area (Å²) in [6, 6.07) is 5.30. The van der Waals surface area contributed by atoms with E-state index in [0.29, 0.717) is 0 Å². The number of allylic oxidation sites excluding steroid dienone is 2. The number of nitrogens with one attached hydrogen (secondary N) is 1. The third kappa shape index (κ3) is 3.01. The molecule has 0 aliphatic heterocycles. The van der Waals surface area contributed by atoms with E-state index >= 15 is 0 Å². The van der Waals surface area contributed by atoms with Crippen LogP contribution in [0, 0.1) is 5.82 Å². The Morgan fingerprint density at radius 1 is 1.28 bits per heavy atom. The molecule has 1 aromatic rings. The molecule has 1 rings (SSSR count). The van der Waals surface area contributed by atoms with Crippen molar-refractivity contribution in [3.63, 3.8) is 0 Å². The predicted molar refractivity (Wildman–Crippen MR) is 60.5 cm³/mol. The highest BCUT2D eigenvalue weighted by atomic mass is 35.5. The summed E-state index contributed by atoms with van der Waals surface area (Å²) in [5.74, 6) is -0.699. The number of halogens is 5. The minimum Gasteiger partial charge on any atom is -0.393 e. The van der Waals surface area contributed by atoms with Gasteiger partial charge in [-0.1, -0.05) is 23.7 Å². The van der Waals surface area contributed by atoms with E-state index in [1.165, 1.54) is 25.2 Å². The molecule has 0 unspecified atom stereocenters. The monoisotopic (exact) mass is 281 g/mol. The zero-order valence-corrected chi connectivity index (χ0v) is 10.0. The van der Waals surface area contributed by atoms with Gasteiger partial charge in [-0.3, -0.25) is 0 Å². The number of hydrogen-bond donors (Lipinski definition) is 2. The van der Waals surface area contributed by atoms with E-state index in [1.807, 2.05) is 0 Å². The smallest absolute Gasteiger partial charge is 0.393 e. The van der Waals surface area contributed by atoms with E-state index in [-0.39, 0.29) is 11.3 Å². The lowest BCUT2D eigenvalue weighted by Gasteiger charge is -2.09. The maximum Gasteiger partial charge on any atom is 0.432 e. The normalized spacial score (nSPS) is 14.4. The Hall–Kier alpha value is -1.56. The van der Waals surface area contributed by atoms with E-state index in [1.54, 1.807) is 0 Å². The fraction of sp³-hybridized carbons (Fsp3) is 0.182. The molecule has 0 amide bonds. The lowest BCUT2D eigenvalue weighted by Crippen LogP contribution is -2.68. The van der Waals surface area contributed by atoms with Crippen LogP contribution >= 0.6 is 11.6 Å². The third-order valence-corrected chi connectivity index (χ3v) is 2.55. The molecular weight excluding hydrogens is 272 g/mol. The molecular formula is C11H10ClF4N2+. The van der Waals surface area contributed by atoms with Gasteiger partial charge in [0.05, 0.1) is 5.56 Å². The first-order valence-electron chi connectivity index (χ1n) is 4.81. The van der Waals surface area contributed by atoms with Gasteiger partial charge in [0, 0.05) is 0 Å². The number of benzene rings is 1. The van der Waals surface area contributed by atoms with E-state index < -0.39 is 22.7 Å². The summed E-state index contributed by atoms with van der Waals surface area (Å²) < 4.78 is 50.7. The molecule has 0 aliphatic carbocycles. The van der Waals surface area contributed by atoms with Gasteiger partial charge >= 0.3 is 6.18 Å². The molecule has 0 bridgehead atoms. The van der Waals surface area contributed by atoms with E-state index in [0.717, 1.165) is 6.07 Å². The summed E-state index contributed by atoms with van der Waals surface area (Å²) in [6.45, 7) is 0. The molecule has 0 saturated carbocycles. The zero-order chi connectivity index (χ0) is 13.9. The Kier molecular flexibility index (Phi) is 4.34. The predicted octanol–water partition coefficient (Wildman–Crippen LogP) is 1.30. The Morgan fingerprint density at radius 3 is 2.28 bits per heavy atom. The maximum atomic E-state index is 13.5. The van der Waals surface area contributed by atoms with Gasteiger partial charge in [0.2, 0.25) is 5.71 Å². The highest BCUT2D eigenvalue weighted by Crippen LogP contribution is 2.27. The molecule has 18 heavy (non-hydrogen) atoms. The average Bonchev–Trinajstić information content (AvgIpc) is 2.30. The minimum absolute atomic E-state index is 0.0859. The molecule has 98 valence electrons. The van der Waals surface area contributed by atoms with Crippen LogP contribution in [0.1, 0.15) is 5.56 Å². The molecule has 7 heteroatoms. The second-order valence-corrected chi connectivity index (χ2v) is 3.71. The number of rotatable bonds is 2. The first kappa shape index (κ1) is 14.5. The molecule has 1 aromatic carbocycles. The molecule has 0 fully saturated rings. The van der Waals surface area contributed by atoms with Crippen LogP contribution in [-0.2, 0) is 0 Å². The molecule has 0 atom stereocenters. The van der Waals surface area contributed by atoms with Crippen molar-refractivity contribution in [3.8, 4) is 0 Å². The van der Waals surface area contributed by atoms with Crippen LogP contribution in [0.3, 0.4) is 0 Å². The van der Waals surface area contributed by atoms with Crippen molar-refractivity contribution in [2.24, 2.45) is 5.73 Å². The van der Waals surface area contributed by atoms with Gasteiger partial charge in [0.1, 0.15) is 23.6 Å². The van der Waals surface area contributed by atoms with Gasteiger partial charge in [-0.25, -0.2) is 9.38 Å². The highest BCUT2D eigenvalue weighted by Gasteiger charge is 2.37. The zero-order valence-electron chi connectivity index (χ0n) is 9.28. The van der Waals surface area contributed by atoms with Crippen LogP contribution in [0.5, 0.6) is 0 Å². The first-order valence-corrected chi connectivity index (χ1v) is 5.19. The summed E-state index contributed by atoms with van der Waals surface area (Å²) in [4.78, 5) is 2.42. The second kappa shape index (κ2) is 5.39. The molecule has 2 nitrogen and oxygen atoms in total. The maximum absolute atomic E-state index is 13.5. The Balaban J connectivity index is 3.35. The van der Waals surface area contributed by atoms with Crippen molar-refractivity contribution < 1.29 is 22.6 Å². The van der Waals surface area contributed by atoms with Crippen LogP contribution in [0.2, 0.25) is 0 Å². The number of hydrogen-bond acceptors (Lipinski definition) is 1. The van der Waals surface area contributed by atoms with Crippen molar-refractivity contribution in [3.05, 3.63) is 46.4 Å². The molecule has 0 heterocycles. The summed E-state index contributed by atoms with van der Waals surface area (Å²) in [7, 11) is 1.33. The van der Waals surface area contributed by atoms with Crippen LogP contribution in [0.15, 0.2) is 35.0 Å². The average molecular weight is 282 g/mol. The molecule has 0 aliphatic rings. The van der Waals surface area contributed by atoms with Gasteiger partial charge in [-0.2, -0.15) is 13.2 Å². The summed E-state index contributed by atoms with van der Waals surface area (Å²) in [6.07, 6.45) is -4.77. The van der Waals surface area contributed by atoms with Crippen molar-refractivity contribution >= 4 is 17.3 Å². The van der Waals surface area contributed by atoms with E-state index in [4.69, 9.17) is 17.3 Å². The van der Waals surface area contributed by atoms with Gasteiger partial charge < -0.3 is 5.73 Å². The van der Waals surface area contributed by atoms with Crippen LogP contribution in [-0.4, -0.2) is 18.9 Å².